The summed E-state index contributed by atoms with van der Waals surface area (Å²) in [7, 11) is 1.45. The molecule has 0 fully saturated rings. The highest BCUT2D eigenvalue weighted by Gasteiger charge is 2.33. The Morgan fingerprint density at radius 2 is 2.05 bits per heavy atom. The number of methoxy groups -OCH3 is 1. The molecule has 0 spiro atoms. The summed E-state index contributed by atoms with van der Waals surface area (Å²) in [5, 5.41) is 2.77. The maximum atomic E-state index is 13.0. The van der Waals surface area contributed by atoms with Gasteiger partial charge in [-0.1, -0.05) is 17.7 Å². The number of aromatic nitrogens is 1. The predicted octanol–water partition coefficient (Wildman–Crippen LogP) is 4.37. The van der Waals surface area contributed by atoms with Crippen molar-refractivity contribution in [3.05, 3.63) is 52.7 Å². The normalized spacial score (nSPS) is 11.3. The Morgan fingerprint density at radius 1 is 1.29 bits per heavy atom. The molecule has 0 atom stereocenters. The van der Waals surface area contributed by atoms with Crippen molar-refractivity contribution in [1.82, 2.24) is 4.98 Å². The van der Waals surface area contributed by atoms with E-state index >= 15 is 0 Å². The Hall–Kier alpha value is -1.95. The summed E-state index contributed by atoms with van der Waals surface area (Å²) in [5.41, 5.74) is -0.196. The van der Waals surface area contributed by atoms with Crippen molar-refractivity contribution in [2.75, 3.05) is 12.4 Å². The van der Waals surface area contributed by atoms with Gasteiger partial charge in [0.1, 0.15) is 0 Å². The number of halogens is 4. The summed E-state index contributed by atoms with van der Waals surface area (Å²) in [5.74, 6) is 0.368. The molecule has 1 N–H and O–H groups in total. The third-order valence-corrected chi connectivity index (χ3v) is 3.03. The van der Waals surface area contributed by atoms with Crippen LogP contribution in [0.3, 0.4) is 0 Å². The molecule has 2 rings (SSSR count). The lowest BCUT2D eigenvalue weighted by Crippen LogP contribution is -2.11. The summed E-state index contributed by atoms with van der Waals surface area (Å²) in [6.45, 7) is 0.154. The zero-order valence-corrected chi connectivity index (χ0v) is 11.8. The van der Waals surface area contributed by atoms with Gasteiger partial charge in [0.05, 0.1) is 12.7 Å². The Bertz CT molecular complexity index is 632. The molecular formula is C14H12ClF3N2O. The van der Waals surface area contributed by atoms with E-state index in [2.05, 4.69) is 10.3 Å². The lowest BCUT2D eigenvalue weighted by Gasteiger charge is -2.15. The molecule has 0 unspecified atom stereocenters. The molecule has 0 aliphatic rings. The number of anilines is 1. The molecule has 0 saturated heterocycles. The summed E-state index contributed by atoms with van der Waals surface area (Å²) in [4.78, 5) is 3.99. The average molecular weight is 317 g/mol. The molecule has 3 nitrogen and oxygen atoms in total. The molecule has 7 heteroatoms. The number of hydrogen-bond donors (Lipinski definition) is 1. The second-order valence-corrected chi connectivity index (χ2v) is 4.65. The van der Waals surface area contributed by atoms with Gasteiger partial charge in [-0.3, -0.25) is 0 Å². The lowest BCUT2D eigenvalue weighted by atomic mass is 10.1. The molecule has 0 radical (unpaired) electrons. The number of hydrogen-bond acceptors (Lipinski definition) is 3. The van der Waals surface area contributed by atoms with Crippen LogP contribution < -0.4 is 10.1 Å². The third kappa shape index (κ3) is 3.78. The van der Waals surface area contributed by atoms with Gasteiger partial charge >= 0.3 is 6.18 Å². The number of nitrogens with one attached hydrogen (secondary N) is 1. The maximum Gasteiger partial charge on any atom is 0.418 e. The largest absolute Gasteiger partial charge is 0.481 e. The molecule has 21 heavy (non-hydrogen) atoms. The number of rotatable bonds is 4. The molecule has 112 valence electrons. The van der Waals surface area contributed by atoms with Crippen molar-refractivity contribution in [1.29, 1.82) is 0 Å². The Kier molecular flexibility index (Phi) is 4.57. The van der Waals surface area contributed by atoms with Crippen LogP contribution in [0, 0.1) is 0 Å². The first kappa shape index (κ1) is 15.4. The lowest BCUT2D eigenvalue weighted by molar-refractivity contribution is -0.136. The molecule has 0 aliphatic carbocycles. The maximum absolute atomic E-state index is 13.0. The van der Waals surface area contributed by atoms with E-state index in [9.17, 15) is 13.2 Å². The van der Waals surface area contributed by atoms with Crippen LogP contribution in [0.1, 0.15) is 11.1 Å². The topological polar surface area (TPSA) is 34.1 Å². The molecule has 1 heterocycles. The van der Waals surface area contributed by atoms with Gasteiger partial charge in [0.25, 0.3) is 0 Å². The van der Waals surface area contributed by atoms with Gasteiger partial charge in [0.2, 0.25) is 5.88 Å². The zero-order chi connectivity index (χ0) is 15.5. The monoisotopic (exact) mass is 316 g/mol. The average Bonchev–Trinajstić information content (AvgIpc) is 2.45. The van der Waals surface area contributed by atoms with E-state index < -0.39 is 11.7 Å². The van der Waals surface area contributed by atoms with Crippen molar-refractivity contribution >= 4 is 17.3 Å². The van der Waals surface area contributed by atoms with E-state index in [1.807, 2.05) is 0 Å². The fourth-order valence-electron chi connectivity index (χ4n) is 1.84. The summed E-state index contributed by atoms with van der Waals surface area (Å²) >= 11 is 5.63. The van der Waals surface area contributed by atoms with Crippen LogP contribution in [-0.2, 0) is 12.7 Å². The number of nitrogens with zero attached hydrogens (tertiary/aromatic N) is 1. The molecule has 1 aromatic carbocycles. The van der Waals surface area contributed by atoms with Crippen LogP contribution in [-0.4, -0.2) is 12.1 Å². The number of ether oxygens (including phenoxy) is 1. The van der Waals surface area contributed by atoms with E-state index in [0.717, 1.165) is 6.07 Å². The van der Waals surface area contributed by atoms with E-state index in [1.54, 1.807) is 18.3 Å². The van der Waals surface area contributed by atoms with Gasteiger partial charge in [0.15, 0.2) is 0 Å². The molecule has 2 aromatic rings. The Balaban J connectivity index is 2.24. The van der Waals surface area contributed by atoms with Crippen molar-refractivity contribution in [3.63, 3.8) is 0 Å². The van der Waals surface area contributed by atoms with Crippen LogP contribution in [0.4, 0.5) is 18.9 Å². The Labute approximate surface area is 124 Å². The summed E-state index contributed by atoms with van der Waals surface area (Å²) < 4.78 is 43.9. The minimum atomic E-state index is -4.48. The second kappa shape index (κ2) is 6.22. The SMILES string of the molecule is COc1ncccc1CNc1ccc(Cl)cc1C(F)(F)F. The van der Waals surface area contributed by atoms with Crippen molar-refractivity contribution in [2.24, 2.45) is 0 Å². The van der Waals surface area contributed by atoms with Gasteiger partial charge in [0, 0.05) is 29.0 Å². The fourth-order valence-corrected chi connectivity index (χ4v) is 2.01. The highest BCUT2D eigenvalue weighted by atomic mass is 35.5. The highest BCUT2D eigenvalue weighted by molar-refractivity contribution is 6.30. The second-order valence-electron chi connectivity index (χ2n) is 4.21. The van der Waals surface area contributed by atoms with E-state index in [4.69, 9.17) is 16.3 Å². The van der Waals surface area contributed by atoms with Crippen LogP contribution in [0.5, 0.6) is 5.88 Å². The predicted molar refractivity (Wildman–Crippen MR) is 74.6 cm³/mol. The standard InChI is InChI=1S/C14H12ClF3N2O/c1-21-13-9(3-2-6-19-13)8-20-12-5-4-10(15)7-11(12)14(16,17)18/h2-7,20H,8H2,1H3. The molecule has 0 aliphatic heterocycles. The summed E-state index contributed by atoms with van der Waals surface area (Å²) in [6.07, 6.45) is -2.93. The van der Waals surface area contributed by atoms with Crippen molar-refractivity contribution in [3.8, 4) is 5.88 Å². The first-order chi connectivity index (χ1) is 9.91. The summed E-state index contributed by atoms with van der Waals surface area (Å²) in [6, 6.07) is 7.01. The number of benzene rings is 1. The quantitative estimate of drug-likeness (QED) is 0.909. The van der Waals surface area contributed by atoms with Gasteiger partial charge in [-0.15, -0.1) is 0 Å². The Morgan fingerprint density at radius 3 is 2.71 bits per heavy atom. The van der Waals surface area contributed by atoms with Gasteiger partial charge < -0.3 is 10.1 Å². The molecule has 0 amide bonds. The van der Waals surface area contributed by atoms with Crippen molar-refractivity contribution in [2.45, 2.75) is 12.7 Å². The van der Waals surface area contributed by atoms with Crippen LogP contribution in [0.25, 0.3) is 0 Å². The molecule has 0 bridgehead atoms. The third-order valence-electron chi connectivity index (χ3n) is 2.80. The minimum absolute atomic E-state index is 0.0341. The van der Waals surface area contributed by atoms with E-state index in [1.165, 1.54) is 19.2 Å². The molecule has 1 aromatic heterocycles. The van der Waals surface area contributed by atoms with Crippen molar-refractivity contribution < 1.29 is 17.9 Å². The van der Waals surface area contributed by atoms with Crippen LogP contribution in [0.2, 0.25) is 5.02 Å². The van der Waals surface area contributed by atoms with Gasteiger partial charge in [-0.05, 0) is 24.3 Å². The van der Waals surface area contributed by atoms with E-state index in [0.29, 0.717) is 11.4 Å². The highest BCUT2D eigenvalue weighted by Crippen LogP contribution is 2.36. The number of alkyl halides is 3. The zero-order valence-electron chi connectivity index (χ0n) is 11.0. The fraction of sp³-hybridized carbons (Fsp3) is 0.214. The number of pyridine rings is 1. The van der Waals surface area contributed by atoms with Gasteiger partial charge in [-0.25, -0.2) is 4.98 Å². The van der Waals surface area contributed by atoms with Crippen LogP contribution >= 0.6 is 11.6 Å². The smallest absolute Gasteiger partial charge is 0.418 e. The minimum Gasteiger partial charge on any atom is -0.481 e. The molecular weight excluding hydrogens is 305 g/mol. The first-order valence-corrected chi connectivity index (χ1v) is 6.38. The van der Waals surface area contributed by atoms with E-state index in [-0.39, 0.29) is 17.3 Å². The van der Waals surface area contributed by atoms with Gasteiger partial charge in [-0.2, -0.15) is 13.2 Å². The van der Waals surface area contributed by atoms with Crippen LogP contribution in [0.15, 0.2) is 36.5 Å². The first-order valence-electron chi connectivity index (χ1n) is 6.00. The molecule has 0 saturated carbocycles.